The van der Waals surface area contributed by atoms with E-state index < -0.39 is 0 Å². The Labute approximate surface area is 216 Å². The predicted molar refractivity (Wildman–Crippen MR) is 145 cm³/mol. The van der Waals surface area contributed by atoms with Gasteiger partial charge in [-0.05, 0) is 61.4 Å². The fourth-order valence-electron chi connectivity index (χ4n) is 5.59. The molecule has 0 radical (unpaired) electrons. The number of amides is 2. The van der Waals surface area contributed by atoms with Crippen molar-refractivity contribution in [2.75, 3.05) is 37.5 Å². The van der Waals surface area contributed by atoms with E-state index >= 15 is 0 Å². The summed E-state index contributed by atoms with van der Waals surface area (Å²) in [5.41, 5.74) is 3.92. The third kappa shape index (κ3) is 6.47. The van der Waals surface area contributed by atoms with Crippen LogP contribution in [-0.4, -0.2) is 50.1 Å². The van der Waals surface area contributed by atoms with E-state index in [0.717, 1.165) is 74.1 Å². The lowest BCUT2D eigenvalue weighted by molar-refractivity contribution is -0.135. The van der Waals surface area contributed by atoms with Gasteiger partial charge in [0.15, 0.2) is 0 Å². The number of nitrogens with one attached hydrogen (secondary N) is 1. The maximum atomic E-state index is 14.0. The molecule has 6 heteroatoms. The number of anilines is 2. The van der Waals surface area contributed by atoms with Crippen LogP contribution in [0, 0.1) is 5.92 Å². The lowest BCUT2D eigenvalue weighted by Gasteiger charge is -2.31. The topological polar surface area (TPSA) is 61.9 Å². The number of carbonyl (C=O) groups excluding carboxylic acids is 2. The molecular formula is C30H41N3O3. The van der Waals surface area contributed by atoms with Crippen molar-refractivity contribution in [3.8, 4) is 0 Å². The minimum Gasteiger partial charge on any atom is -0.377 e. The normalized spacial score (nSPS) is 18.7. The fourth-order valence-corrected chi connectivity index (χ4v) is 5.59. The van der Waals surface area contributed by atoms with Crippen LogP contribution in [0.3, 0.4) is 0 Å². The third-order valence-electron chi connectivity index (χ3n) is 7.58. The zero-order chi connectivity index (χ0) is 25.5. The summed E-state index contributed by atoms with van der Waals surface area (Å²) >= 11 is 0. The number of carbonyl (C=O) groups is 2. The van der Waals surface area contributed by atoms with Crippen molar-refractivity contribution in [3.63, 3.8) is 0 Å². The first-order chi connectivity index (χ1) is 17.5. The standard InChI is InChI=1S/C30H41N3O3/c1-4-27(22-11-6-5-7-12-22)30(35)33(21-26-15-10-18-36-26)20-24-19-25(16-17-28(24)32(2)3)31-29(34)23-13-8-9-14-23/h5-7,11-12,16-17,19,23,26-27H,4,8-10,13-15,18,20-21H2,1-3H3,(H,31,34). The van der Waals surface area contributed by atoms with E-state index in [9.17, 15) is 9.59 Å². The van der Waals surface area contributed by atoms with Gasteiger partial charge in [-0.2, -0.15) is 0 Å². The van der Waals surface area contributed by atoms with Crippen LogP contribution >= 0.6 is 0 Å². The van der Waals surface area contributed by atoms with E-state index in [1.807, 2.05) is 67.5 Å². The second kappa shape index (κ2) is 12.4. The van der Waals surface area contributed by atoms with Crippen molar-refractivity contribution in [1.29, 1.82) is 0 Å². The molecule has 2 aromatic rings. The van der Waals surface area contributed by atoms with Crippen molar-refractivity contribution in [2.24, 2.45) is 5.92 Å². The Balaban J connectivity index is 1.60. The Morgan fingerprint density at radius 2 is 1.78 bits per heavy atom. The molecule has 2 aromatic carbocycles. The largest absolute Gasteiger partial charge is 0.377 e. The summed E-state index contributed by atoms with van der Waals surface area (Å²) < 4.78 is 5.94. The minimum absolute atomic E-state index is 0.0651. The molecule has 1 saturated carbocycles. The molecule has 4 rings (SSSR count). The molecule has 2 unspecified atom stereocenters. The van der Waals surface area contributed by atoms with Crippen LogP contribution in [0.5, 0.6) is 0 Å². The highest BCUT2D eigenvalue weighted by molar-refractivity contribution is 5.93. The molecular weight excluding hydrogens is 450 g/mol. The zero-order valence-corrected chi connectivity index (χ0v) is 22.0. The summed E-state index contributed by atoms with van der Waals surface area (Å²) in [7, 11) is 4.03. The van der Waals surface area contributed by atoms with Crippen molar-refractivity contribution in [3.05, 3.63) is 59.7 Å². The van der Waals surface area contributed by atoms with Gasteiger partial charge < -0.3 is 19.9 Å². The molecule has 6 nitrogen and oxygen atoms in total. The number of hydrogen-bond acceptors (Lipinski definition) is 4. The summed E-state index contributed by atoms with van der Waals surface area (Å²) in [6, 6.07) is 16.1. The third-order valence-corrected chi connectivity index (χ3v) is 7.58. The van der Waals surface area contributed by atoms with Crippen LogP contribution in [0.2, 0.25) is 0 Å². The van der Waals surface area contributed by atoms with E-state index in [4.69, 9.17) is 4.74 Å². The number of ether oxygens (including phenoxy) is 1. The van der Waals surface area contributed by atoms with Crippen molar-refractivity contribution in [1.82, 2.24) is 4.90 Å². The average molecular weight is 492 g/mol. The first kappa shape index (κ1) is 26.2. The molecule has 1 aliphatic heterocycles. The number of nitrogens with zero attached hydrogens (tertiary/aromatic N) is 2. The Morgan fingerprint density at radius 3 is 2.42 bits per heavy atom. The highest BCUT2D eigenvalue weighted by Crippen LogP contribution is 2.30. The lowest BCUT2D eigenvalue weighted by Crippen LogP contribution is -2.40. The fraction of sp³-hybridized carbons (Fsp3) is 0.533. The van der Waals surface area contributed by atoms with Crippen LogP contribution in [-0.2, 0) is 20.9 Å². The van der Waals surface area contributed by atoms with Gasteiger partial charge in [-0.25, -0.2) is 0 Å². The van der Waals surface area contributed by atoms with E-state index in [0.29, 0.717) is 13.1 Å². The van der Waals surface area contributed by atoms with Gasteiger partial charge in [0.2, 0.25) is 11.8 Å². The molecule has 0 bridgehead atoms. The molecule has 2 atom stereocenters. The summed E-state index contributed by atoms with van der Waals surface area (Å²) in [6.45, 7) is 3.88. The Kier molecular flexibility index (Phi) is 9.03. The molecule has 1 saturated heterocycles. The van der Waals surface area contributed by atoms with Crippen molar-refractivity contribution < 1.29 is 14.3 Å². The van der Waals surface area contributed by atoms with E-state index in [2.05, 4.69) is 17.1 Å². The number of hydrogen-bond donors (Lipinski definition) is 1. The molecule has 2 amide bonds. The Hall–Kier alpha value is -2.86. The van der Waals surface area contributed by atoms with Gasteiger partial charge in [-0.15, -0.1) is 0 Å². The van der Waals surface area contributed by atoms with Gasteiger partial charge >= 0.3 is 0 Å². The summed E-state index contributed by atoms with van der Waals surface area (Å²) in [6.07, 6.45) is 7.01. The minimum atomic E-state index is -0.194. The average Bonchev–Trinajstić information content (AvgIpc) is 3.59. The van der Waals surface area contributed by atoms with Crippen LogP contribution in [0.25, 0.3) is 0 Å². The highest BCUT2D eigenvalue weighted by Gasteiger charge is 2.29. The SMILES string of the molecule is CCC(C(=O)N(Cc1cc(NC(=O)C2CCCC2)ccc1N(C)C)CC1CCCO1)c1ccccc1. The number of rotatable bonds is 10. The van der Waals surface area contributed by atoms with Gasteiger partial charge in [0, 0.05) is 51.1 Å². The molecule has 2 aliphatic rings. The summed E-state index contributed by atoms with van der Waals surface area (Å²) in [4.78, 5) is 30.8. The molecule has 36 heavy (non-hydrogen) atoms. The molecule has 1 heterocycles. The monoisotopic (exact) mass is 491 g/mol. The lowest BCUT2D eigenvalue weighted by atomic mass is 9.94. The maximum absolute atomic E-state index is 14.0. The molecule has 1 aliphatic carbocycles. The van der Waals surface area contributed by atoms with Crippen LogP contribution in [0.15, 0.2) is 48.5 Å². The van der Waals surface area contributed by atoms with Gasteiger partial charge in [0.05, 0.1) is 12.0 Å². The van der Waals surface area contributed by atoms with E-state index in [1.165, 1.54) is 0 Å². The van der Waals surface area contributed by atoms with E-state index in [-0.39, 0.29) is 29.8 Å². The summed E-state index contributed by atoms with van der Waals surface area (Å²) in [5.74, 6) is 0.152. The maximum Gasteiger partial charge on any atom is 0.230 e. The van der Waals surface area contributed by atoms with Crippen LogP contribution in [0.1, 0.15) is 68.9 Å². The second-order valence-electron chi connectivity index (χ2n) is 10.4. The van der Waals surface area contributed by atoms with Crippen LogP contribution < -0.4 is 10.2 Å². The molecule has 1 N–H and O–H groups in total. The second-order valence-corrected chi connectivity index (χ2v) is 10.4. The van der Waals surface area contributed by atoms with Gasteiger partial charge in [-0.1, -0.05) is 50.1 Å². The van der Waals surface area contributed by atoms with Crippen molar-refractivity contribution >= 4 is 23.2 Å². The quantitative estimate of drug-likeness (QED) is 0.471. The smallest absolute Gasteiger partial charge is 0.230 e. The highest BCUT2D eigenvalue weighted by atomic mass is 16.5. The molecule has 0 aromatic heterocycles. The van der Waals surface area contributed by atoms with Gasteiger partial charge in [-0.3, -0.25) is 9.59 Å². The Bertz CT molecular complexity index is 1010. The van der Waals surface area contributed by atoms with Crippen molar-refractivity contribution in [2.45, 2.75) is 70.4 Å². The van der Waals surface area contributed by atoms with Gasteiger partial charge in [0.25, 0.3) is 0 Å². The van der Waals surface area contributed by atoms with Gasteiger partial charge in [0.1, 0.15) is 0 Å². The predicted octanol–water partition coefficient (Wildman–Crippen LogP) is 5.58. The molecule has 194 valence electrons. The first-order valence-corrected chi connectivity index (χ1v) is 13.5. The van der Waals surface area contributed by atoms with Crippen LogP contribution in [0.4, 0.5) is 11.4 Å². The number of benzene rings is 2. The molecule has 0 spiro atoms. The molecule has 2 fully saturated rings. The zero-order valence-electron chi connectivity index (χ0n) is 22.0. The Morgan fingerprint density at radius 1 is 1.03 bits per heavy atom. The first-order valence-electron chi connectivity index (χ1n) is 13.5. The van der Waals surface area contributed by atoms with E-state index in [1.54, 1.807) is 0 Å². The summed E-state index contributed by atoms with van der Waals surface area (Å²) in [5, 5.41) is 3.14.